The summed E-state index contributed by atoms with van der Waals surface area (Å²) in [6, 6.07) is 13.1. The Labute approximate surface area is 453 Å². The molecule has 2 aromatic rings. The van der Waals surface area contributed by atoms with Crippen LogP contribution in [0.2, 0.25) is 0 Å². The molecule has 0 radical (unpaired) electrons. The monoisotopic (exact) mass is 1050 g/mol. The summed E-state index contributed by atoms with van der Waals surface area (Å²) in [5, 5.41) is 29.5. The highest BCUT2D eigenvalue weighted by Crippen LogP contribution is 2.68. The summed E-state index contributed by atoms with van der Waals surface area (Å²) >= 11 is 0. The molecule has 10 nitrogen and oxygen atoms in total. The van der Waals surface area contributed by atoms with E-state index in [9.17, 15) is 15.0 Å². The van der Waals surface area contributed by atoms with Gasteiger partial charge in [-0.25, -0.2) is 0 Å². The minimum Gasteiger partial charge on any atom is -0.504 e. The third-order valence-electron chi connectivity index (χ3n) is 23.7. The molecule has 5 N–H and O–H groups in total. The number of ether oxygens (including phenoxy) is 2. The average Bonchev–Trinajstić information content (AvgIpc) is 4.34. The van der Waals surface area contributed by atoms with Gasteiger partial charge in [-0.05, 0) is 206 Å². The molecular formula is C63H82N4O6S2. The molecule has 402 valence electrons. The molecule has 0 unspecified atom stereocenters. The van der Waals surface area contributed by atoms with E-state index in [1.165, 1.54) is 49.7 Å². The first-order valence-electron chi connectivity index (χ1n) is 30.0. The number of nitrogens with two attached hydrogens (primary N) is 1. The highest BCUT2D eigenvalue weighted by Gasteiger charge is 2.66. The lowest BCUT2D eigenvalue weighted by Crippen LogP contribution is -2.58. The summed E-state index contributed by atoms with van der Waals surface area (Å²) in [6.45, 7) is 2.76. The Morgan fingerprint density at radius 2 is 1.76 bits per heavy atom. The van der Waals surface area contributed by atoms with Crippen LogP contribution in [0.15, 0.2) is 41.4 Å². The molecule has 1 saturated heterocycles. The molecule has 8 heterocycles. The third-order valence-corrected chi connectivity index (χ3v) is 27.1. The fraction of sp³-hybridized carbons (Fsp3) is 0.730. The SMILES string of the molecule is CC(=O)O[C@]12C[C@H]3CC[C@H]1Cc1cc(c(O)c4c1[C@H]1CC[C@@]5(CCC[C@H]5C1)O4)CN1C[C@@]4(CC1=O)[C@H](c1ccccc1)CC[C@@]41C#CC[C@@H]4CC[C@@]5(CCC[C@]5(NC(N)=NC1)SSCC1CCC(CC1)[C@@H]3[C@H](O)C2)C4. The molecule has 12 heteroatoms. The predicted octanol–water partition coefficient (Wildman–Crippen LogP) is 11.7. The van der Waals surface area contributed by atoms with Crippen LogP contribution in [0.5, 0.6) is 11.5 Å². The van der Waals surface area contributed by atoms with E-state index in [0.717, 1.165) is 120 Å². The molecule has 0 aromatic heterocycles. The third kappa shape index (κ3) is 7.90. The number of guanidine groups is 1. The Bertz CT molecular complexity index is 2700. The maximum Gasteiger partial charge on any atom is 0.303 e. The highest BCUT2D eigenvalue weighted by atomic mass is 33.1. The molecule has 14 atom stereocenters. The van der Waals surface area contributed by atoms with E-state index < -0.39 is 22.5 Å². The molecule has 5 spiro atoms. The van der Waals surface area contributed by atoms with Crippen LogP contribution in [-0.4, -0.2) is 74.0 Å². The van der Waals surface area contributed by atoms with E-state index in [4.69, 9.17) is 20.2 Å². The molecule has 16 bridgehead atoms. The maximum absolute atomic E-state index is 15.3. The Hall–Kier alpha value is -3.53. The van der Waals surface area contributed by atoms with Gasteiger partial charge in [0.25, 0.3) is 0 Å². The zero-order valence-corrected chi connectivity index (χ0v) is 46.2. The first-order chi connectivity index (χ1) is 36.3. The second-order valence-corrected chi connectivity index (χ2v) is 29.8. The fourth-order valence-electron chi connectivity index (χ4n) is 20.4. The van der Waals surface area contributed by atoms with Crippen LogP contribution >= 0.6 is 21.6 Å². The average molecular weight is 1060 g/mol. The number of aromatic hydroxyl groups is 1. The van der Waals surface area contributed by atoms with Gasteiger partial charge in [-0.3, -0.25) is 14.6 Å². The van der Waals surface area contributed by atoms with Crippen LogP contribution in [0.1, 0.15) is 195 Å². The zero-order valence-electron chi connectivity index (χ0n) is 44.6. The van der Waals surface area contributed by atoms with Crippen molar-refractivity contribution in [2.45, 2.75) is 208 Å². The molecule has 9 fully saturated rings. The van der Waals surface area contributed by atoms with Gasteiger partial charge in [0.1, 0.15) is 16.1 Å². The van der Waals surface area contributed by atoms with Gasteiger partial charge in [-0.15, -0.1) is 5.92 Å². The number of phenols is 1. The highest BCUT2D eigenvalue weighted by molar-refractivity contribution is 8.77. The number of aliphatic hydroxyl groups excluding tert-OH is 1. The first-order valence-corrected chi connectivity index (χ1v) is 32.3. The van der Waals surface area contributed by atoms with Crippen LogP contribution in [0.25, 0.3) is 0 Å². The normalized spacial score (nSPS) is 44.6. The van der Waals surface area contributed by atoms with Gasteiger partial charge in [-0.2, -0.15) is 0 Å². The van der Waals surface area contributed by atoms with E-state index in [1.807, 2.05) is 4.90 Å². The maximum atomic E-state index is 15.3. The fourth-order valence-corrected chi connectivity index (χ4v) is 24.3. The topological polar surface area (TPSA) is 147 Å². The largest absolute Gasteiger partial charge is 0.504 e. The van der Waals surface area contributed by atoms with Crippen molar-refractivity contribution < 1.29 is 29.3 Å². The van der Waals surface area contributed by atoms with E-state index in [1.54, 1.807) is 6.92 Å². The minimum absolute atomic E-state index is 0.00420. The number of nitrogens with one attached hydrogen (secondary N) is 1. The predicted molar refractivity (Wildman–Crippen MR) is 296 cm³/mol. The number of hydrogen-bond donors (Lipinski definition) is 4. The van der Waals surface area contributed by atoms with Gasteiger partial charge < -0.3 is 35.6 Å². The summed E-state index contributed by atoms with van der Waals surface area (Å²) in [4.78, 5) is 35.9. The lowest BCUT2D eigenvalue weighted by molar-refractivity contribution is -0.199. The van der Waals surface area contributed by atoms with Crippen molar-refractivity contribution in [1.82, 2.24) is 10.2 Å². The van der Waals surface area contributed by atoms with E-state index in [-0.39, 0.29) is 63.7 Å². The summed E-state index contributed by atoms with van der Waals surface area (Å²) in [7, 11) is 4.14. The number of amides is 1. The second-order valence-electron chi connectivity index (χ2n) is 27.2. The number of aliphatic hydroxyl groups is 1. The molecule has 75 heavy (non-hydrogen) atoms. The van der Waals surface area contributed by atoms with Crippen LogP contribution in [0, 0.1) is 69.5 Å². The van der Waals surface area contributed by atoms with E-state index >= 15 is 4.79 Å². The van der Waals surface area contributed by atoms with Crippen molar-refractivity contribution in [2.24, 2.45) is 68.4 Å². The summed E-state index contributed by atoms with van der Waals surface area (Å²) in [6.07, 6.45) is 24.3. The Morgan fingerprint density at radius 3 is 2.61 bits per heavy atom. The Balaban J connectivity index is 0.901. The van der Waals surface area contributed by atoms with Gasteiger partial charge in [-0.1, -0.05) is 57.8 Å². The van der Waals surface area contributed by atoms with Gasteiger partial charge in [0, 0.05) is 72.9 Å². The summed E-state index contributed by atoms with van der Waals surface area (Å²) < 4.78 is 14.1. The molecule has 8 saturated carbocycles. The lowest BCUT2D eigenvalue weighted by atomic mass is 9.54. The quantitative estimate of drug-likeness (QED) is 0.130. The smallest absolute Gasteiger partial charge is 0.303 e. The standard InChI is InChI=1S/C63H82N4O6S2/c1-39(68)72-62-32-45-16-17-49(62)30-46-28-47(55(71)56-54(46)44-19-27-61(73-56)23-6-11-48(61)29-44)35-67-38-60(34-52(67)70)50(42-9-3-2-4-10-42)20-26-59(60)21-5-8-40-18-25-58(31-40)22-7-24-63(58,66-57(64)65-37-59)75-74-36-41-12-14-43(15-13-41)53(45)51(69)33-62/h2-4,9-10,28,40-41,43-45,48-51,53,69,71H,6-8,11-20,22-27,29-38H2,1H3,(H3,64,65,66)/t40-,41?,43?,44+,45-,48+,49+,50+,51-,53+,58+,59-,60+,61-,62+,63+/m1/s1. The number of fused-ring (bicyclic) bond motifs is 2. The van der Waals surface area contributed by atoms with E-state index in [2.05, 4.69) is 75.1 Å². The van der Waals surface area contributed by atoms with Crippen LogP contribution in [-0.2, 0) is 27.3 Å². The number of phenolic OH excluding ortho intramolecular Hbond substituents is 1. The number of rotatable bonds is 2. The van der Waals surface area contributed by atoms with Gasteiger partial charge >= 0.3 is 5.97 Å². The van der Waals surface area contributed by atoms with Crippen molar-refractivity contribution >= 4 is 39.4 Å². The summed E-state index contributed by atoms with van der Waals surface area (Å²) in [5.41, 5.74) is 9.52. The molecule has 8 aliphatic heterocycles. The zero-order chi connectivity index (χ0) is 51.0. The molecule has 8 aliphatic carbocycles. The number of carbonyl (C=O) groups excluding carboxylic acids is 2. The van der Waals surface area contributed by atoms with Crippen molar-refractivity contribution in [3.8, 4) is 23.3 Å². The number of esters is 1. The second kappa shape index (κ2) is 18.5. The van der Waals surface area contributed by atoms with Crippen molar-refractivity contribution in [3.63, 3.8) is 0 Å². The van der Waals surface area contributed by atoms with E-state index in [0.29, 0.717) is 73.7 Å². The minimum atomic E-state index is -0.767. The number of hydrogen-bond acceptors (Lipinski definition) is 11. The van der Waals surface area contributed by atoms with Crippen molar-refractivity contribution in [2.75, 3.05) is 18.8 Å². The number of nitrogens with zero attached hydrogens (tertiary/aromatic N) is 2. The van der Waals surface area contributed by atoms with Crippen LogP contribution in [0.4, 0.5) is 0 Å². The summed E-state index contributed by atoms with van der Waals surface area (Å²) in [5.74, 6) is 13.2. The van der Waals surface area contributed by atoms with Gasteiger partial charge in [0.2, 0.25) is 5.91 Å². The molecular weight excluding hydrogens is 973 g/mol. The number of aliphatic imine (C=N–C) groups is 1. The number of carbonyl (C=O) groups is 2. The van der Waals surface area contributed by atoms with Gasteiger partial charge in [0.05, 0.1) is 18.1 Å². The molecule has 1 amide bonds. The Morgan fingerprint density at radius 1 is 0.907 bits per heavy atom. The van der Waals surface area contributed by atoms with Crippen LogP contribution < -0.4 is 15.8 Å². The molecule has 18 rings (SSSR count). The lowest BCUT2D eigenvalue weighted by Gasteiger charge is -2.56. The molecule has 16 aliphatic rings. The molecule has 2 aromatic carbocycles. The Kier molecular flexibility index (Phi) is 12.3. The van der Waals surface area contributed by atoms with Crippen LogP contribution in [0.3, 0.4) is 0 Å². The van der Waals surface area contributed by atoms with Crippen molar-refractivity contribution in [1.29, 1.82) is 0 Å². The number of benzene rings is 2. The van der Waals surface area contributed by atoms with Crippen molar-refractivity contribution in [3.05, 3.63) is 58.7 Å². The van der Waals surface area contributed by atoms with Gasteiger partial charge in [0.15, 0.2) is 17.5 Å². The first kappa shape index (κ1) is 49.7.